The highest BCUT2D eigenvalue weighted by atomic mass is 19.3. The van der Waals surface area contributed by atoms with Crippen molar-refractivity contribution in [3.63, 3.8) is 0 Å². The third-order valence-corrected chi connectivity index (χ3v) is 5.18. The number of nitrogens with zero attached hydrogens (tertiary/aromatic N) is 1. The molecule has 0 N–H and O–H groups in total. The number of ether oxygens (including phenoxy) is 2. The highest BCUT2D eigenvalue weighted by Gasteiger charge is 2.19. The predicted octanol–water partition coefficient (Wildman–Crippen LogP) is 4.49. The van der Waals surface area contributed by atoms with E-state index in [1.54, 1.807) is 60.0 Å². The van der Waals surface area contributed by atoms with Crippen molar-refractivity contribution in [1.82, 2.24) is 4.57 Å². The highest BCUT2D eigenvalue weighted by Crippen LogP contribution is 2.23. The molecule has 0 fully saturated rings. The lowest BCUT2D eigenvalue weighted by atomic mass is 10.1. The van der Waals surface area contributed by atoms with E-state index >= 15 is 0 Å². The minimum atomic E-state index is -3.09. The van der Waals surface area contributed by atoms with Crippen molar-refractivity contribution < 1.29 is 27.8 Å². The summed E-state index contributed by atoms with van der Waals surface area (Å²) in [5, 5.41) is 0.905. The Morgan fingerprint density at radius 1 is 0.939 bits per heavy atom. The van der Waals surface area contributed by atoms with E-state index in [9.17, 15) is 23.2 Å². The molecule has 0 aliphatic carbocycles. The van der Waals surface area contributed by atoms with Crippen molar-refractivity contribution in [2.75, 3.05) is 6.61 Å². The van der Waals surface area contributed by atoms with Gasteiger partial charge in [0.1, 0.15) is 12.3 Å². The predicted molar refractivity (Wildman–Crippen MR) is 119 cm³/mol. The van der Waals surface area contributed by atoms with Crippen LogP contribution in [0.15, 0.2) is 71.5 Å². The number of halogens is 2. The Balaban J connectivity index is 1.58. The average Bonchev–Trinajstić information content (AvgIpc) is 2.81. The van der Waals surface area contributed by atoms with Crippen LogP contribution in [0.2, 0.25) is 0 Å². The molecule has 33 heavy (non-hydrogen) atoms. The van der Waals surface area contributed by atoms with Crippen LogP contribution in [0.1, 0.15) is 15.9 Å². The van der Waals surface area contributed by atoms with E-state index in [2.05, 4.69) is 4.74 Å². The van der Waals surface area contributed by atoms with Gasteiger partial charge in [0.2, 0.25) is 5.78 Å². The van der Waals surface area contributed by atoms with Crippen molar-refractivity contribution in [1.29, 1.82) is 0 Å². The first kappa shape index (κ1) is 22.1. The molecular formula is C25H19F2NO5. The monoisotopic (exact) mass is 451 g/mol. The van der Waals surface area contributed by atoms with Gasteiger partial charge in [-0.05, 0) is 43.3 Å². The number of fused-ring (bicyclic) bond motifs is 2. The van der Waals surface area contributed by atoms with Crippen LogP contribution in [-0.2, 0) is 16.1 Å². The lowest BCUT2D eigenvalue weighted by Crippen LogP contribution is -2.21. The third kappa shape index (κ3) is 4.59. The summed E-state index contributed by atoms with van der Waals surface area (Å²) in [7, 11) is 0. The summed E-state index contributed by atoms with van der Waals surface area (Å²) in [6, 6.07) is 18.0. The fraction of sp³-hybridized carbons (Fsp3) is 0.160. The number of aromatic nitrogens is 1. The van der Waals surface area contributed by atoms with Gasteiger partial charge in [0, 0.05) is 10.8 Å². The fourth-order valence-electron chi connectivity index (χ4n) is 3.71. The molecule has 0 radical (unpaired) electrons. The number of carbonyl (C=O) groups is 2. The molecule has 4 aromatic rings. The van der Waals surface area contributed by atoms with E-state index in [-0.39, 0.29) is 23.3 Å². The van der Waals surface area contributed by atoms with Gasteiger partial charge in [-0.1, -0.05) is 35.9 Å². The van der Waals surface area contributed by atoms with E-state index in [0.29, 0.717) is 27.4 Å². The molecule has 6 nitrogen and oxygen atoms in total. The topological polar surface area (TPSA) is 74.6 Å². The number of hydrogen-bond donors (Lipinski definition) is 0. The minimum absolute atomic E-state index is 0.0950. The number of rotatable bonds is 7. The summed E-state index contributed by atoms with van der Waals surface area (Å²) in [6.45, 7) is -2.29. The molecule has 0 aliphatic rings. The van der Waals surface area contributed by atoms with Crippen LogP contribution < -0.4 is 10.2 Å². The summed E-state index contributed by atoms with van der Waals surface area (Å²) in [5.41, 5.74) is 1.53. The summed E-state index contributed by atoms with van der Waals surface area (Å²) in [6.07, 6.45) is 0. The molecule has 4 rings (SSSR count). The summed E-state index contributed by atoms with van der Waals surface area (Å²) >= 11 is 0. The number of carbonyl (C=O) groups excluding carboxylic acids is 2. The normalized spacial score (nSPS) is 11.2. The van der Waals surface area contributed by atoms with E-state index in [0.717, 1.165) is 0 Å². The number of esters is 1. The number of pyridine rings is 1. The Kier molecular flexibility index (Phi) is 6.17. The largest absolute Gasteiger partial charge is 0.456 e. The third-order valence-electron chi connectivity index (χ3n) is 5.18. The Bertz CT molecular complexity index is 1370. The van der Waals surface area contributed by atoms with E-state index in [1.807, 2.05) is 0 Å². The van der Waals surface area contributed by atoms with Crippen LogP contribution in [0.3, 0.4) is 0 Å². The number of alkyl halides is 2. The Morgan fingerprint density at radius 2 is 1.55 bits per heavy atom. The molecule has 0 bridgehead atoms. The number of aryl methyl sites for hydroxylation is 1. The number of hydrogen-bond acceptors (Lipinski definition) is 5. The molecule has 8 heteroatoms. The van der Waals surface area contributed by atoms with Gasteiger partial charge in [0.25, 0.3) is 0 Å². The number of ketones is 1. The SMILES string of the molecule is Cc1ccc(OC(F)F)c(C(=O)COC(=O)Cn2c3ccccc3c(=O)c3ccccc32)c1. The van der Waals surface area contributed by atoms with Crippen LogP contribution in [0, 0.1) is 6.92 Å². The van der Waals surface area contributed by atoms with Crippen molar-refractivity contribution >= 4 is 33.6 Å². The zero-order chi connectivity index (χ0) is 23.5. The molecule has 0 atom stereocenters. The molecule has 0 spiro atoms. The summed E-state index contributed by atoms with van der Waals surface area (Å²) in [5.74, 6) is -1.67. The maximum Gasteiger partial charge on any atom is 0.387 e. The molecule has 0 aliphatic heterocycles. The Morgan fingerprint density at radius 3 is 2.15 bits per heavy atom. The van der Waals surface area contributed by atoms with Gasteiger partial charge in [-0.15, -0.1) is 0 Å². The maximum absolute atomic E-state index is 12.8. The number of benzene rings is 3. The Labute approximate surface area is 187 Å². The first-order valence-electron chi connectivity index (χ1n) is 10.1. The smallest absolute Gasteiger partial charge is 0.387 e. The van der Waals surface area contributed by atoms with Gasteiger partial charge in [0.15, 0.2) is 12.0 Å². The molecular weight excluding hydrogens is 432 g/mol. The van der Waals surface area contributed by atoms with Crippen molar-refractivity contribution in [2.45, 2.75) is 20.1 Å². The van der Waals surface area contributed by atoms with E-state index < -0.39 is 25.0 Å². The first-order valence-corrected chi connectivity index (χ1v) is 10.1. The second kappa shape index (κ2) is 9.20. The number of Topliss-reactive ketones (excluding diaryl/α,β-unsaturated/α-hetero) is 1. The molecule has 1 aromatic heterocycles. The standard InChI is InChI=1S/C25H19F2NO5/c1-15-10-11-22(33-25(26)27)18(12-15)21(29)14-32-23(30)13-28-19-8-4-2-6-16(19)24(31)17-7-3-5-9-20(17)28/h2-12,25H,13-14H2,1H3. The molecule has 0 unspecified atom stereocenters. The zero-order valence-electron chi connectivity index (χ0n) is 17.6. The van der Waals surface area contributed by atoms with Crippen LogP contribution >= 0.6 is 0 Å². The molecule has 1 heterocycles. The van der Waals surface area contributed by atoms with Crippen LogP contribution in [0.4, 0.5) is 8.78 Å². The summed E-state index contributed by atoms with van der Waals surface area (Å²) in [4.78, 5) is 38.0. The van der Waals surface area contributed by atoms with Crippen molar-refractivity contribution in [3.05, 3.63) is 88.1 Å². The lowest BCUT2D eigenvalue weighted by Gasteiger charge is -2.15. The lowest BCUT2D eigenvalue weighted by molar-refractivity contribution is -0.143. The average molecular weight is 451 g/mol. The second-order valence-corrected chi connectivity index (χ2v) is 7.41. The quantitative estimate of drug-likeness (QED) is 0.235. The molecule has 0 saturated carbocycles. The van der Waals surface area contributed by atoms with Gasteiger partial charge in [-0.3, -0.25) is 14.4 Å². The van der Waals surface area contributed by atoms with Gasteiger partial charge in [-0.25, -0.2) is 0 Å². The minimum Gasteiger partial charge on any atom is -0.456 e. The van der Waals surface area contributed by atoms with E-state index in [4.69, 9.17) is 4.74 Å². The maximum atomic E-state index is 12.8. The molecule has 0 amide bonds. The van der Waals surface area contributed by atoms with Crippen LogP contribution in [-0.4, -0.2) is 29.5 Å². The Hall–Kier alpha value is -4.07. The molecule has 3 aromatic carbocycles. The van der Waals surface area contributed by atoms with Crippen LogP contribution in [0.5, 0.6) is 5.75 Å². The second-order valence-electron chi connectivity index (χ2n) is 7.41. The van der Waals surface area contributed by atoms with Crippen LogP contribution in [0.25, 0.3) is 21.8 Å². The van der Waals surface area contributed by atoms with Gasteiger partial charge in [-0.2, -0.15) is 8.78 Å². The van der Waals surface area contributed by atoms with E-state index in [1.165, 1.54) is 18.2 Å². The first-order chi connectivity index (χ1) is 15.8. The van der Waals surface area contributed by atoms with Gasteiger partial charge < -0.3 is 14.0 Å². The molecule has 0 saturated heterocycles. The van der Waals surface area contributed by atoms with Crippen molar-refractivity contribution in [3.8, 4) is 5.75 Å². The van der Waals surface area contributed by atoms with Crippen molar-refractivity contribution in [2.24, 2.45) is 0 Å². The zero-order valence-corrected chi connectivity index (χ0v) is 17.6. The fourth-order valence-corrected chi connectivity index (χ4v) is 3.71. The van der Waals surface area contributed by atoms with Gasteiger partial charge in [0.05, 0.1) is 16.6 Å². The summed E-state index contributed by atoms with van der Waals surface area (Å²) < 4.78 is 36.5. The molecule has 168 valence electrons. The van der Waals surface area contributed by atoms with Gasteiger partial charge >= 0.3 is 12.6 Å². The number of para-hydroxylation sites is 2. The highest BCUT2D eigenvalue weighted by molar-refractivity contribution is 6.00.